The highest BCUT2D eigenvalue weighted by Crippen LogP contribution is 2.35. The predicted molar refractivity (Wildman–Crippen MR) is 65.8 cm³/mol. The summed E-state index contributed by atoms with van der Waals surface area (Å²) in [6, 6.07) is 8.10. The molecule has 16 heavy (non-hydrogen) atoms. The molecule has 0 saturated carbocycles. The van der Waals surface area contributed by atoms with Gasteiger partial charge < -0.3 is 15.6 Å². The zero-order chi connectivity index (χ0) is 11.6. The van der Waals surface area contributed by atoms with Gasteiger partial charge in [0.05, 0.1) is 25.2 Å². The van der Waals surface area contributed by atoms with Gasteiger partial charge >= 0.3 is 0 Å². The standard InChI is InChI=1S/C12H17NO2S/c1-16-10-4-2-9(3-5-10)12(7-15-8-12)11(13)6-14/h2-5,11,14H,6-8,13H2,1H3. The minimum Gasteiger partial charge on any atom is -0.395 e. The molecule has 0 spiro atoms. The van der Waals surface area contributed by atoms with Gasteiger partial charge in [-0.1, -0.05) is 12.1 Å². The van der Waals surface area contributed by atoms with Crippen LogP contribution in [0.4, 0.5) is 0 Å². The third-order valence-electron chi connectivity index (χ3n) is 3.29. The van der Waals surface area contributed by atoms with E-state index in [0.717, 1.165) is 5.56 Å². The number of rotatable bonds is 4. The van der Waals surface area contributed by atoms with Crippen LogP contribution in [-0.2, 0) is 10.2 Å². The smallest absolute Gasteiger partial charge is 0.0601 e. The molecular formula is C12H17NO2S. The molecule has 3 nitrogen and oxygen atoms in total. The van der Waals surface area contributed by atoms with Gasteiger partial charge in [-0.2, -0.15) is 0 Å². The quantitative estimate of drug-likeness (QED) is 0.770. The van der Waals surface area contributed by atoms with Crippen LogP contribution < -0.4 is 5.73 Å². The molecule has 1 aromatic rings. The van der Waals surface area contributed by atoms with Crippen molar-refractivity contribution in [3.05, 3.63) is 29.8 Å². The van der Waals surface area contributed by atoms with Gasteiger partial charge in [-0.25, -0.2) is 0 Å². The molecule has 0 amide bonds. The van der Waals surface area contributed by atoms with Crippen molar-refractivity contribution in [2.45, 2.75) is 16.4 Å². The fourth-order valence-electron chi connectivity index (χ4n) is 2.01. The average Bonchev–Trinajstić information content (AvgIpc) is 2.28. The lowest BCUT2D eigenvalue weighted by atomic mass is 9.73. The molecule has 1 unspecified atom stereocenters. The van der Waals surface area contributed by atoms with Gasteiger partial charge in [-0.05, 0) is 24.0 Å². The van der Waals surface area contributed by atoms with Gasteiger partial charge in [-0.15, -0.1) is 11.8 Å². The third kappa shape index (κ3) is 1.86. The van der Waals surface area contributed by atoms with Crippen molar-refractivity contribution in [3.8, 4) is 0 Å². The van der Waals surface area contributed by atoms with E-state index in [2.05, 4.69) is 30.5 Å². The van der Waals surface area contributed by atoms with Crippen LogP contribution >= 0.6 is 11.8 Å². The first kappa shape index (κ1) is 11.9. The summed E-state index contributed by atoms with van der Waals surface area (Å²) in [4.78, 5) is 1.23. The number of thioether (sulfide) groups is 1. The van der Waals surface area contributed by atoms with Crippen molar-refractivity contribution in [2.75, 3.05) is 26.1 Å². The largest absolute Gasteiger partial charge is 0.395 e. The molecule has 1 aliphatic rings. The fraction of sp³-hybridized carbons (Fsp3) is 0.500. The van der Waals surface area contributed by atoms with Crippen molar-refractivity contribution in [1.29, 1.82) is 0 Å². The van der Waals surface area contributed by atoms with Crippen LogP contribution in [0, 0.1) is 0 Å². The fourth-order valence-corrected chi connectivity index (χ4v) is 2.42. The average molecular weight is 239 g/mol. The Labute approximate surface area is 100.0 Å². The number of ether oxygens (including phenoxy) is 1. The van der Waals surface area contributed by atoms with Gasteiger partial charge in [0, 0.05) is 10.9 Å². The highest BCUT2D eigenvalue weighted by atomic mass is 32.2. The molecule has 0 radical (unpaired) electrons. The van der Waals surface area contributed by atoms with Gasteiger partial charge in [0.1, 0.15) is 0 Å². The Hall–Kier alpha value is -0.550. The Morgan fingerprint density at radius 2 is 2.06 bits per heavy atom. The first-order valence-electron chi connectivity index (χ1n) is 5.31. The second kappa shape index (κ2) is 4.75. The maximum Gasteiger partial charge on any atom is 0.0601 e. The molecule has 4 heteroatoms. The summed E-state index contributed by atoms with van der Waals surface area (Å²) in [7, 11) is 0. The monoisotopic (exact) mass is 239 g/mol. The summed E-state index contributed by atoms with van der Waals surface area (Å²) in [5, 5.41) is 9.21. The number of aliphatic hydroxyl groups excluding tert-OH is 1. The Morgan fingerprint density at radius 3 is 2.44 bits per heavy atom. The third-order valence-corrected chi connectivity index (χ3v) is 4.03. The lowest BCUT2D eigenvalue weighted by Gasteiger charge is -2.45. The van der Waals surface area contributed by atoms with Gasteiger partial charge in [-0.3, -0.25) is 0 Å². The first-order chi connectivity index (χ1) is 7.73. The number of hydrogen-bond donors (Lipinski definition) is 2. The first-order valence-corrected chi connectivity index (χ1v) is 6.54. The molecule has 1 aliphatic heterocycles. The van der Waals surface area contributed by atoms with Crippen molar-refractivity contribution < 1.29 is 9.84 Å². The van der Waals surface area contributed by atoms with Crippen molar-refractivity contribution >= 4 is 11.8 Å². The van der Waals surface area contributed by atoms with E-state index >= 15 is 0 Å². The van der Waals surface area contributed by atoms with Crippen LogP contribution in [0.3, 0.4) is 0 Å². The number of hydrogen-bond acceptors (Lipinski definition) is 4. The minimum atomic E-state index is -0.249. The molecule has 0 aromatic heterocycles. The number of benzene rings is 1. The highest BCUT2D eigenvalue weighted by molar-refractivity contribution is 7.98. The molecule has 1 fully saturated rings. The Balaban J connectivity index is 2.26. The van der Waals surface area contributed by atoms with E-state index in [1.165, 1.54) is 4.90 Å². The summed E-state index contributed by atoms with van der Waals surface area (Å²) >= 11 is 1.72. The van der Waals surface area contributed by atoms with Crippen LogP contribution in [0.1, 0.15) is 5.56 Å². The summed E-state index contributed by atoms with van der Waals surface area (Å²) < 4.78 is 5.28. The number of aliphatic hydroxyl groups is 1. The molecule has 88 valence electrons. The molecular weight excluding hydrogens is 222 g/mol. The molecule has 0 aliphatic carbocycles. The summed E-state index contributed by atoms with van der Waals surface area (Å²) in [5.74, 6) is 0. The highest BCUT2D eigenvalue weighted by Gasteiger charge is 2.45. The van der Waals surface area contributed by atoms with Crippen LogP contribution in [0.25, 0.3) is 0 Å². The minimum absolute atomic E-state index is 0.00631. The number of nitrogens with two attached hydrogens (primary N) is 1. The van der Waals surface area contributed by atoms with E-state index < -0.39 is 0 Å². The lowest BCUT2D eigenvalue weighted by Crippen LogP contribution is -2.60. The molecule has 1 atom stereocenters. The SMILES string of the molecule is CSc1ccc(C2(C(N)CO)COC2)cc1. The van der Waals surface area contributed by atoms with Crippen molar-refractivity contribution in [1.82, 2.24) is 0 Å². The van der Waals surface area contributed by atoms with Crippen LogP contribution in [0.15, 0.2) is 29.2 Å². The van der Waals surface area contributed by atoms with Gasteiger partial charge in [0.15, 0.2) is 0 Å². The zero-order valence-electron chi connectivity index (χ0n) is 9.35. The molecule has 1 heterocycles. The maximum absolute atomic E-state index is 9.21. The van der Waals surface area contributed by atoms with E-state index in [0.29, 0.717) is 13.2 Å². The molecule has 0 bridgehead atoms. The second-order valence-electron chi connectivity index (χ2n) is 4.17. The lowest BCUT2D eigenvalue weighted by molar-refractivity contribution is -0.0798. The van der Waals surface area contributed by atoms with E-state index in [1.807, 2.05) is 0 Å². The van der Waals surface area contributed by atoms with E-state index in [4.69, 9.17) is 10.5 Å². The zero-order valence-corrected chi connectivity index (χ0v) is 10.2. The molecule has 1 aromatic carbocycles. The van der Waals surface area contributed by atoms with Crippen LogP contribution in [-0.4, -0.2) is 37.2 Å². The van der Waals surface area contributed by atoms with E-state index in [9.17, 15) is 5.11 Å². The second-order valence-corrected chi connectivity index (χ2v) is 5.05. The molecule has 3 N–H and O–H groups in total. The normalized spacial score (nSPS) is 20.2. The van der Waals surface area contributed by atoms with E-state index in [1.54, 1.807) is 11.8 Å². The predicted octanol–water partition coefficient (Wildman–Crippen LogP) is 0.996. The maximum atomic E-state index is 9.21. The van der Waals surface area contributed by atoms with Crippen LogP contribution in [0.5, 0.6) is 0 Å². The summed E-state index contributed by atoms with van der Waals surface area (Å²) in [6.45, 7) is 1.20. The molecule has 1 saturated heterocycles. The van der Waals surface area contributed by atoms with E-state index in [-0.39, 0.29) is 18.1 Å². The van der Waals surface area contributed by atoms with Crippen LogP contribution in [0.2, 0.25) is 0 Å². The Morgan fingerprint density at radius 1 is 1.44 bits per heavy atom. The summed E-state index contributed by atoms with van der Waals surface area (Å²) in [6.07, 6.45) is 2.05. The molecule has 2 rings (SSSR count). The Kier molecular flexibility index (Phi) is 3.54. The van der Waals surface area contributed by atoms with Crippen molar-refractivity contribution in [2.24, 2.45) is 5.73 Å². The van der Waals surface area contributed by atoms with Gasteiger partial charge in [0.25, 0.3) is 0 Å². The van der Waals surface area contributed by atoms with Gasteiger partial charge in [0.2, 0.25) is 0 Å². The Bertz CT molecular complexity index is 349. The topological polar surface area (TPSA) is 55.5 Å². The summed E-state index contributed by atoms with van der Waals surface area (Å²) in [5.41, 5.74) is 6.96. The van der Waals surface area contributed by atoms with Crippen molar-refractivity contribution in [3.63, 3.8) is 0 Å².